The molecular weight excluding hydrogens is 268 g/mol. The van der Waals surface area contributed by atoms with E-state index in [0.29, 0.717) is 13.1 Å². The van der Waals surface area contributed by atoms with Crippen molar-refractivity contribution in [2.75, 3.05) is 46.2 Å². The molecule has 2 heterocycles. The number of hydrogen-bond donors (Lipinski definition) is 1. The topological polar surface area (TPSA) is 67.9 Å². The summed E-state index contributed by atoms with van der Waals surface area (Å²) >= 11 is 0. The van der Waals surface area contributed by atoms with E-state index in [1.54, 1.807) is 14.2 Å². The van der Waals surface area contributed by atoms with Crippen LogP contribution in [0.2, 0.25) is 0 Å². The van der Waals surface area contributed by atoms with E-state index in [0.717, 1.165) is 25.9 Å². The van der Waals surface area contributed by atoms with Crippen LogP contribution in [0.1, 0.15) is 12.8 Å². The largest absolute Gasteiger partial charge is 0.377 e. The minimum absolute atomic E-state index is 0.163. The van der Waals surface area contributed by atoms with Gasteiger partial charge in [-0.05, 0) is 31.8 Å². The van der Waals surface area contributed by atoms with Gasteiger partial charge in [0.2, 0.25) is 10.0 Å². The maximum Gasteiger partial charge on any atom is 0.214 e. The molecule has 7 heteroatoms. The second-order valence-corrected chi connectivity index (χ2v) is 7.37. The molecule has 112 valence electrons. The second kappa shape index (κ2) is 6.49. The van der Waals surface area contributed by atoms with Gasteiger partial charge in [0.05, 0.1) is 18.0 Å². The number of methoxy groups -OCH3 is 2. The Bertz CT molecular complexity index is 369. The Morgan fingerprint density at radius 3 is 2.32 bits per heavy atom. The van der Waals surface area contributed by atoms with Crippen LogP contribution >= 0.6 is 0 Å². The minimum Gasteiger partial charge on any atom is -0.377 e. The van der Waals surface area contributed by atoms with E-state index < -0.39 is 10.0 Å². The van der Waals surface area contributed by atoms with Crippen molar-refractivity contribution in [3.05, 3.63) is 0 Å². The Kier molecular flexibility index (Phi) is 5.19. The van der Waals surface area contributed by atoms with E-state index >= 15 is 0 Å². The standard InChI is InChI=1S/C12H24N2O4S/c1-17-11-7-14(8-12(11)18-2)19(15,16)9-10-4-3-5-13-6-10/h10-13H,3-9H2,1-2H3. The van der Waals surface area contributed by atoms with E-state index in [-0.39, 0.29) is 23.9 Å². The third-order valence-electron chi connectivity index (χ3n) is 4.03. The molecule has 0 aliphatic carbocycles. The molecule has 0 bridgehead atoms. The fraction of sp³-hybridized carbons (Fsp3) is 1.00. The SMILES string of the molecule is COC1CN(S(=O)(=O)CC2CCCNC2)CC1OC. The summed E-state index contributed by atoms with van der Waals surface area (Å²) in [5.74, 6) is 0.452. The zero-order chi connectivity index (χ0) is 13.9. The van der Waals surface area contributed by atoms with E-state index in [9.17, 15) is 8.42 Å². The number of sulfonamides is 1. The molecule has 3 unspecified atom stereocenters. The first-order valence-electron chi connectivity index (χ1n) is 6.81. The van der Waals surface area contributed by atoms with E-state index in [1.165, 1.54) is 4.31 Å². The molecule has 2 aliphatic heterocycles. The van der Waals surface area contributed by atoms with Crippen molar-refractivity contribution in [1.82, 2.24) is 9.62 Å². The highest BCUT2D eigenvalue weighted by atomic mass is 32.2. The van der Waals surface area contributed by atoms with Crippen LogP contribution < -0.4 is 5.32 Å². The summed E-state index contributed by atoms with van der Waals surface area (Å²) in [5.41, 5.74) is 0. The average molecular weight is 292 g/mol. The molecule has 19 heavy (non-hydrogen) atoms. The van der Waals surface area contributed by atoms with Crippen LogP contribution in [-0.4, -0.2) is 71.1 Å². The summed E-state index contributed by atoms with van der Waals surface area (Å²) in [5, 5.41) is 3.26. The number of nitrogens with zero attached hydrogens (tertiary/aromatic N) is 1. The molecule has 0 saturated carbocycles. The monoisotopic (exact) mass is 292 g/mol. The lowest BCUT2D eigenvalue weighted by atomic mass is 10.0. The summed E-state index contributed by atoms with van der Waals surface area (Å²) in [6.07, 6.45) is 1.72. The summed E-state index contributed by atoms with van der Waals surface area (Å²) in [4.78, 5) is 0. The first-order chi connectivity index (χ1) is 9.06. The van der Waals surface area contributed by atoms with Gasteiger partial charge in [-0.1, -0.05) is 0 Å². The van der Waals surface area contributed by atoms with Gasteiger partial charge in [0, 0.05) is 27.3 Å². The predicted molar refractivity (Wildman–Crippen MR) is 72.5 cm³/mol. The second-order valence-electron chi connectivity index (χ2n) is 5.36. The summed E-state index contributed by atoms with van der Waals surface area (Å²) in [6, 6.07) is 0. The van der Waals surface area contributed by atoms with Crippen molar-refractivity contribution in [3.63, 3.8) is 0 Å². The van der Waals surface area contributed by atoms with Crippen LogP contribution in [0.4, 0.5) is 0 Å². The fourth-order valence-corrected chi connectivity index (χ4v) is 4.70. The molecule has 0 aromatic carbocycles. The van der Waals surface area contributed by atoms with Crippen LogP contribution in [-0.2, 0) is 19.5 Å². The van der Waals surface area contributed by atoms with Crippen LogP contribution in [0.5, 0.6) is 0 Å². The Balaban J connectivity index is 1.96. The van der Waals surface area contributed by atoms with Crippen molar-refractivity contribution in [2.24, 2.45) is 5.92 Å². The molecule has 2 rings (SSSR count). The van der Waals surface area contributed by atoms with Crippen LogP contribution in [0.15, 0.2) is 0 Å². The number of ether oxygens (including phenoxy) is 2. The maximum atomic E-state index is 12.4. The molecule has 2 saturated heterocycles. The molecule has 0 aromatic rings. The van der Waals surface area contributed by atoms with Crippen LogP contribution in [0, 0.1) is 5.92 Å². The van der Waals surface area contributed by atoms with Gasteiger partial charge >= 0.3 is 0 Å². The van der Waals surface area contributed by atoms with Gasteiger partial charge < -0.3 is 14.8 Å². The van der Waals surface area contributed by atoms with Crippen molar-refractivity contribution < 1.29 is 17.9 Å². The molecular formula is C12H24N2O4S. The lowest BCUT2D eigenvalue weighted by Crippen LogP contribution is -2.39. The Morgan fingerprint density at radius 1 is 1.21 bits per heavy atom. The number of piperidine rings is 1. The first-order valence-corrected chi connectivity index (χ1v) is 8.42. The zero-order valence-electron chi connectivity index (χ0n) is 11.7. The lowest BCUT2D eigenvalue weighted by molar-refractivity contribution is -0.00461. The molecule has 2 aliphatic rings. The van der Waals surface area contributed by atoms with Gasteiger partial charge in [-0.15, -0.1) is 0 Å². The van der Waals surface area contributed by atoms with E-state index in [1.807, 2.05) is 0 Å². The highest BCUT2D eigenvalue weighted by Gasteiger charge is 2.39. The molecule has 0 radical (unpaired) electrons. The van der Waals surface area contributed by atoms with Gasteiger partial charge in [-0.2, -0.15) is 4.31 Å². The third kappa shape index (κ3) is 3.66. The first kappa shape index (κ1) is 15.2. The molecule has 1 N–H and O–H groups in total. The van der Waals surface area contributed by atoms with E-state index in [4.69, 9.17) is 9.47 Å². The highest BCUT2D eigenvalue weighted by molar-refractivity contribution is 7.89. The van der Waals surface area contributed by atoms with Crippen molar-refractivity contribution in [1.29, 1.82) is 0 Å². The Morgan fingerprint density at radius 2 is 1.84 bits per heavy atom. The van der Waals surface area contributed by atoms with Crippen LogP contribution in [0.3, 0.4) is 0 Å². The van der Waals surface area contributed by atoms with Crippen molar-refractivity contribution >= 4 is 10.0 Å². The molecule has 0 spiro atoms. The number of nitrogens with one attached hydrogen (secondary N) is 1. The fourth-order valence-electron chi connectivity index (χ4n) is 2.86. The summed E-state index contributed by atoms with van der Waals surface area (Å²) in [7, 11) is -0.0221. The highest BCUT2D eigenvalue weighted by Crippen LogP contribution is 2.22. The number of rotatable bonds is 5. The molecule has 0 aromatic heterocycles. The summed E-state index contributed by atoms with van der Waals surface area (Å²) in [6.45, 7) is 2.60. The zero-order valence-corrected chi connectivity index (χ0v) is 12.5. The smallest absolute Gasteiger partial charge is 0.214 e. The molecule has 6 nitrogen and oxygen atoms in total. The predicted octanol–water partition coefficient (Wildman–Crippen LogP) is -0.339. The maximum absolute atomic E-state index is 12.4. The molecule has 3 atom stereocenters. The number of hydrogen-bond acceptors (Lipinski definition) is 5. The minimum atomic E-state index is -3.21. The van der Waals surface area contributed by atoms with Gasteiger partial charge in [-0.25, -0.2) is 8.42 Å². The summed E-state index contributed by atoms with van der Waals surface area (Å²) < 4.78 is 36.9. The van der Waals surface area contributed by atoms with Gasteiger partial charge in [0.1, 0.15) is 0 Å². The van der Waals surface area contributed by atoms with Crippen molar-refractivity contribution in [3.8, 4) is 0 Å². The van der Waals surface area contributed by atoms with Gasteiger partial charge in [0.15, 0.2) is 0 Å². The van der Waals surface area contributed by atoms with Gasteiger partial charge in [-0.3, -0.25) is 0 Å². The van der Waals surface area contributed by atoms with E-state index in [2.05, 4.69) is 5.32 Å². The Hall–Kier alpha value is -0.210. The molecule has 0 amide bonds. The third-order valence-corrected chi connectivity index (χ3v) is 6.00. The average Bonchev–Trinajstić information content (AvgIpc) is 2.83. The van der Waals surface area contributed by atoms with Gasteiger partial charge in [0.25, 0.3) is 0 Å². The Labute approximate surface area is 115 Å². The van der Waals surface area contributed by atoms with Crippen molar-refractivity contribution in [2.45, 2.75) is 25.0 Å². The van der Waals surface area contributed by atoms with Crippen LogP contribution in [0.25, 0.3) is 0 Å². The normalized spacial score (nSPS) is 33.7. The quantitative estimate of drug-likeness (QED) is 0.751. The molecule has 2 fully saturated rings. The lowest BCUT2D eigenvalue weighted by Gasteiger charge is -2.25.